The van der Waals surface area contributed by atoms with Gasteiger partial charge in [-0.25, -0.2) is 4.99 Å². The Bertz CT molecular complexity index is 983. The second kappa shape index (κ2) is 6.77. The zero-order valence-electron chi connectivity index (χ0n) is 13.8. The van der Waals surface area contributed by atoms with Crippen LogP contribution in [0.1, 0.15) is 16.7 Å². The van der Waals surface area contributed by atoms with E-state index in [-0.39, 0.29) is 16.8 Å². The summed E-state index contributed by atoms with van der Waals surface area (Å²) in [5.41, 5.74) is 0.821. The van der Waals surface area contributed by atoms with Crippen LogP contribution in [0.2, 0.25) is 0 Å². The molecule has 8 heteroatoms. The standard InChI is InChI=1S/C19H13F3N2O2S/c20-19(21,22)13-3-1-2-4-14(13)23-18-24-17(25)16(27-18)10-11-5-6-15-12(9-11)7-8-26-15/h1-6,9-10H,7-8H2,(H,23,24,25)/b16-10+. The number of halogens is 3. The molecule has 2 aliphatic rings. The third kappa shape index (κ3) is 3.71. The number of amidine groups is 1. The van der Waals surface area contributed by atoms with Gasteiger partial charge in [0, 0.05) is 6.42 Å². The molecule has 2 heterocycles. The predicted molar refractivity (Wildman–Crippen MR) is 97.9 cm³/mol. The van der Waals surface area contributed by atoms with E-state index in [9.17, 15) is 18.0 Å². The highest BCUT2D eigenvalue weighted by atomic mass is 32.2. The van der Waals surface area contributed by atoms with Crippen molar-refractivity contribution < 1.29 is 22.7 Å². The van der Waals surface area contributed by atoms with Crippen LogP contribution in [0.5, 0.6) is 5.75 Å². The number of nitrogens with one attached hydrogen (secondary N) is 1. The average Bonchev–Trinajstić information content (AvgIpc) is 3.21. The van der Waals surface area contributed by atoms with E-state index in [0.29, 0.717) is 11.5 Å². The van der Waals surface area contributed by atoms with E-state index in [1.54, 1.807) is 6.08 Å². The Morgan fingerprint density at radius 2 is 2.00 bits per heavy atom. The fourth-order valence-electron chi connectivity index (χ4n) is 2.85. The molecule has 0 spiro atoms. The summed E-state index contributed by atoms with van der Waals surface area (Å²) in [6.45, 7) is 0.639. The number of ether oxygens (including phenoxy) is 1. The summed E-state index contributed by atoms with van der Waals surface area (Å²) in [7, 11) is 0. The Labute approximate surface area is 157 Å². The summed E-state index contributed by atoms with van der Waals surface area (Å²) in [5.74, 6) is 0.451. The van der Waals surface area contributed by atoms with Crippen molar-refractivity contribution in [3.63, 3.8) is 0 Å². The smallest absolute Gasteiger partial charge is 0.418 e. The molecular formula is C19H13F3N2O2S. The number of thioether (sulfide) groups is 1. The summed E-state index contributed by atoms with van der Waals surface area (Å²) in [6.07, 6.45) is -2.01. The monoisotopic (exact) mass is 390 g/mol. The molecule has 0 aromatic heterocycles. The molecule has 1 N–H and O–H groups in total. The minimum absolute atomic E-state index is 0.118. The molecule has 1 amide bonds. The molecule has 138 valence electrons. The molecule has 0 bridgehead atoms. The van der Waals surface area contributed by atoms with Gasteiger partial charge in [-0.15, -0.1) is 0 Å². The van der Waals surface area contributed by atoms with Crippen molar-refractivity contribution >= 4 is 34.6 Å². The van der Waals surface area contributed by atoms with Crippen LogP contribution in [0.15, 0.2) is 52.4 Å². The molecule has 0 unspecified atom stereocenters. The van der Waals surface area contributed by atoms with Crippen molar-refractivity contribution in [3.8, 4) is 5.75 Å². The fraction of sp³-hybridized carbons (Fsp3) is 0.158. The summed E-state index contributed by atoms with van der Waals surface area (Å²) < 4.78 is 44.7. The number of hydrogen-bond donors (Lipinski definition) is 1. The zero-order valence-corrected chi connectivity index (χ0v) is 14.7. The molecule has 2 aliphatic heterocycles. The highest BCUT2D eigenvalue weighted by molar-refractivity contribution is 8.18. The number of carbonyl (C=O) groups is 1. The van der Waals surface area contributed by atoms with Gasteiger partial charge >= 0.3 is 6.18 Å². The van der Waals surface area contributed by atoms with Gasteiger partial charge in [0.1, 0.15) is 5.75 Å². The topological polar surface area (TPSA) is 50.7 Å². The van der Waals surface area contributed by atoms with E-state index in [0.717, 1.165) is 41.1 Å². The first-order valence-corrected chi connectivity index (χ1v) is 8.93. The van der Waals surface area contributed by atoms with Crippen molar-refractivity contribution in [3.05, 3.63) is 64.1 Å². The van der Waals surface area contributed by atoms with Crippen molar-refractivity contribution in [1.29, 1.82) is 0 Å². The van der Waals surface area contributed by atoms with Crippen molar-refractivity contribution in [2.75, 3.05) is 6.61 Å². The van der Waals surface area contributed by atoms with Crippen LogP contribution in [0.3, 0.4) is 0 Å². The van der Waals surface area contributed by atoms with Crippen LogP contribution in [0.4, 0.5) is 18.9 Å². The van der Waals surface area contributed by atoms with E-state index >= 15 is 0 Å². The quantitative estimate of drug-likeness (QED) is 0.767. The number of hydrogen-bond acceptors (Lipinski definition) is 4. The van der Waals surface area contributed by atoms with Gasteiger partial charge in [0.25, 0.3) is 5.91 Å². The van der Waals surface area contributed by atoms with E-state index in [1.807, 2.05) is 18.2 Å². The maximum Gasteiger partial charge on any atom is 0.418 e. The Morgan fingerprint density at radius 1 is 1.19 bits per heavy atom. The number of aliphatic imine (C=N–C) groups is 1. The Balaban J connectivity index is 1.61. The summed E-state index contributed by atoms with van der Waals surface area (Å²) >= 11 is 1.01. The highest BCUT2D eigenvalue weighted by Gasteiger charge is 2.34. The van der Waals surface area contributed by atoms with E-state index in [2.05, 4.69) is 10.3 Å². The van der Waals surface area contributed by atoms with Gasteiger partial charge < -0.3 is 10.1 Å². The fourth-order valence-corrected chi connectivity index (χ4v) is 3.68. The highest BCUT2D eigenvalue weighted by Crippen LogP contribution is 2.37. The second-order valence-corrected chi connectivity index (χ2v) is 6.99. The van der Waals surface area contributed by atoms with Crippen LogP contribution >= 0.6 is 11.8 Å². The van der Waals surface area contributed by atoms with Gasteiger partial charge in [-0.2, -0.15) is 13.2 Å². The van der Waals surface area contributed by atoms with E-state index < -0.39 is 11.7 Å². The number of amides is 1. The molecule has 0 atom stereocenters. The Morgan fingerprint density at radius 3 is 2.81 bits per heavy atom. The first kappa shape index (κ1) is 17.7. The Kier molecular flexibility index (Phi) is 4.43. The molecule has 2 aromatic carbocycles. The van der Waals surface area contributed by atoms with Gasteiger partial charge in [0.2, 0.25) is 0 Å². The Hall–Kier alpha value is -2.74. The average molecular weight is 390 g/mol. The number of fused-ring (bicyclic) bond motifs is 1. The van der Waals surface area contributed by atoms with Crippen molar-refractivity contribution in [2.24, 2.45) is 4.99 Å². The zero-order chi connectivity index (χ0) is 19.0. The molecule has 4 nitrogen and oxygen atoms in total. The third-order valence-electron chi connectivity index (χ3n) is 4.09. The van der Waals surface area contributed by atoms with Gasteiger partial charge in [-0.05, 0) is 53.2 Å². The number of benzene rings is 2. The number of para-hydroxylation sites is 1. The lowest BCUT2D eigenvalue weighted by atomic mass is 10.1. The number of alkyl halides is 3. The lowest BCUT2D eigenvalue weighted by Gasteiger charge is -2.09. The predicted octanol–water partition coefficient (Wildman–Crippen LogP) is 4.53. The van der Waals surface area contributed by atoms with Crippen LogP contribution in [0, 0.1) is 0 Å². The number of nitrogens with zero attached hydrogens (tertiary/aromatic N) is 1. The largest absolute Gasteiger partial charge is 0.493 e. The van der Waals surface area contributed by atoms with Gasteiger partial charge in [-0.1, -0.05) is 18.2 Å². The molecule has 0 aliphatic carbocycles. The van der Waals surface area contributed by atoms with Crippen molar-refractivity contribution in [2.45, 2.75) is 12.6 Å². The van der Waals surface area contributed by atoms with Crippen LogP contribution in [0.25, 0.3) is 6.08 Å². The SMILES string of the molecule is O=C1NC(=Nc2ccccc2C(F)(F)F)S/C1=C/c1ccc2c(c1)CCO2. The normalized spacial score (nSPS) is 19.3. The van der Waals surface area contributed by atoms with Crippen molar-refractivity contribution in [1.82, 2.24) is 5.32 Å². The number of rotatable bonds is 2. The van der Waals surface area contributed by atoms with Crippen LogP contribution in [-0.4, -0.2) is 17.7 Å². The maximum absolute atomic E-state index is 13.1. The molecule has 2 aromatic rings. The molecule has 27 heavy (non-hydrogen) atoms. The lowest BCUT2D eigenvalue weighted by molar-refractivity contribution is -0.137. The minimum atomic E-state index is -4.51. The molecule has 4 rings (SSSR count). The second-order valence-electron chi connectivity index (χ2n) is 5.96. The lowest BCUT2D eigenvalue weighted by Crippen LogP contribution is -2.19. The minimum Gasteiger partial charge on any atom is -0.493 e. The molecule has 1 fully saturated rings. The first-order chi connectivity index (χ1) is 12.9. The van der Waals surface area contributed by atoms with Crippen LogP contribution in [-0.2, 0) is 17.4 Å². The molecule has 0 saturated carbocycles. The summed E-state index contributed by atoms with van der Waals surface area (Å²) in [4.78, 5) is 16.5. The summed E-state index contributed by atoms with van der Waals surface area (Å²) in [5, 5.41) is 2.64. The van der Waals surface area contributed by atoms with Crippen LogP contribution < -0.4 is 10.1 Å². The number of carbonyl (C=O) groups excluding carboxylic acids is 1. The maximum atomic E-state index is 13.1. The van der Waals surface area contributed by atoms with Gasteiger partial charge in [-0.3, -0.25) is 4.79 Å². The molecule has 0 radical (unpaired) electrons. The van der Waals surface area contributed by atoms with E-state index in [4.69, 9.17) is 4.74 Å². The van der Waals surface area contributed by atoms with Gasteiger partial charge in [0.15, 0.2) is 5.17 Å². The first-order valence-electron chi connectivity index (χ1n) is 8.12. The molecule has 1 saturated heterocycles. The molecular weight excluding hydrogens is 377 g/mol. The van der Waals surface area contributed by atoms with E-state index in [1.165, 1.54) is 18.2 Å². The van der Waals surface area contributed by atoms with Gasteiger partial charge in [0.05, 0.1) is 22.8 Å². The third-order valence-corrected chi connectivity index (χ3v) is 5.00. The summed E-state index contributed by atoms with van der Waals surface area (Å²) in [6, 6.07) is 10.6.